The minimum absolute atomic E-state index is 0.437. The maximum atomic E-state index is 11.5. The number of pyridine rings is 1. The van der Waals surface area contributed by atoms with Gasteiger partial charge in [-0.2, -0.15) is 0 Å². The van der Waals surface area contributed by atoms with Gasteiger partial charge in [0.2, 0.25) is 0 Å². The van der Waals surface area contributed by atoms with E-state index in [0.29, 0.717) is 31.0 Å². The number of carboxylic acids is 1. The highest BCUT2D eigenvalue weighted by molar-refractivity contribution is 6.35. The largest absolute Gasteiger partial charge is 0.481 e. The molecule has 4 nitrogen and oxygen atoms in total. The molecule has 22 heavy (non-hydrogen) atoms. The molecule has 0 saturated carbocycles. The summed E-state index contributed by atoms with van der Waals surface area (Å²) in [5.74, 6) is -0.746. The van der Waals surface area contributed by atoms with Crippen molar-refractivity contribution in [3.63, 3.8) is 0 Å². The number of benzene rings is 1. The van der Waals surface area contributed by atoms with E-state index in [1.807, 2.05) is 36.4 Å². The molecule has 1 heterocycles. The third-order valence-electron chi connectivity index (χ3n) is 4.22. The summed E-state index contributed by atoms with van der Waals surface area (Å²) >= 11 is 6.18. The summed E-state index contributed by atoms with van der Waals surface area (Å²) in [6.07, 6.45) is 6.77. The van der Waals surface area contributed by atoms with E-state index in [9.17, 15) is 9.90 Å². The summed E-state index contributed by atoms with van der Waals surface area (Å²) in [4.78, 5) is 15.9. The molecule has 5 heteroatoms. The Morgan fingerprint density at radius 1 is 1.32 bits per heavy atom. The second-order valence-electron chi connectivity index (χ2n) is 5.67. The van der Waals surface area contributed by atoms with Crippen molar-refractivity contribution < 1.29 is 9.90 Å². The molecule has 2 N–H and O–H groups in total. The number of carboxylic acid groups (broad SMARTS) is 1. The Kier molecular flexibility index (Phi) is 4.14. The van der Waals surface area contributed by atoms with E-state index in [2.05, 4.69) is 10.3 Å². The molecule has 0 unspecified atom stereocenters. The first kappa shape index (κ1) is 15.0. The Labute approximate surface area is 133 Å². The lowest BCUT2D eigenvalue weighted by atomic mass is 9.85. The van der Waals surface area contributed by atoms with Gasteiger partial charge in [0.15, 0.2) is 0 Å². The summed E-state index contributed by atoms with van der Waals surface area (Å²) in [7, 11) is 0. The second kappa shape index (κ2) is 6.07. The van der Waals surface area contributed by atoms with Gasteiger partial charge in [0, 0.05) is 29.7 Å². The number of fused-ring (bicyclic) bond motifs is 1. The Balaban J connectivity index is 1.75. The van der Waals surface area contributed by atoms with E-state index >= 15 is 0 Å². The molecule has 1 aromatic carbocycles. The fourth-order valence-corrected chi connectivity index (χ4v) is 3.09. The van der Waals surface area contributed by atoms with Gasteiger partial charge in [0.1, 0.15) is 0 Å². The van der Waals surface area contributed by atoms with E-state index < -0.39 is 11.4 Å². The molecule has 0 atom stereocenters. The van der Waals surface area contributed by atoms with Gasteiger partial charge in [-0.3, -0.25) is 9.78 Å². The van der Waals surface area contributed by atoms with Crippen molar-refractivity contribution in [2.45, 2.75) is 19.4 Å². The maximum Gasteiger partial charge on any atom is 0.311 e. The number of rotatable bonds is 5. The van der Waals surface area contributed by atoms with E-state index in [4.69, 9.17) is 11.6 Å². The topological polar surface area (TPSA) is 62.2 Å². The molecule has 0 amide bonds. The van der Waals surface area contributed by atoms with Gasteiger partial charge in [-0.25, -0.2) is 0 Å². The third kappa shape index (κ3) is 2.72. The third-order valence-corrected chi connectivity index (χ3v) is 4.55. The minimum Gasteiger partial charge on any atom is -0.481 e. The Bertz CT molecular complexity index is 735. The molecule has 0 fully saturated rings. The van der Waals surface area contributed by atoms with Crippen LogP contribution in [0.4, 0.5) is 0 Å². The Morgan fingerprint density at radius 3 is 2.82 bits per heavy atom. The smallest absolute Gasteiger partial charge is 0.311 e. The zero-order chi connectivity index (χ0) is 15.6. The molecule has 2 aromatic rings. The van der Waals surface area contributed by atoms with Crippen LogP contribution in [0.1, 0.15) is 18.4 Å². The summed E-state index contributed by atoms with van der Waals surface area (Å²) in [5.41, 5.74) is 1.17. The van der Waals surface area contributed by atoms with Crippen LogP contribution in [0.5, 0.6) is 0 Å². The monoisotopic (exact) mass is 316 g/mol. The molecule has 3 rings (SSSR count). The molecule has 1 aliphatic rings. The number of halogens is 1. The molecule has 0 radical (unpaired) electrons. The van der Waals surface area contributed by atoms with Crippen LogP contribution in [0.2, 0.25) is 5.02 Å². The van der Waals surface area contributed by atoms with Gasteiger partial charge < -0.3 is 10.4 Å². The predicted molar refractivity (Wildman–Crippen MR) is 86.9 cm³/mol. The first-order valence-electron chi connectivity index (χ1n) is 7.24. The van der Waals surface area contributed by atoms with E-state index in [0.717, 1.165) is 16.5 Å². The Hall–Kier alpha value is -1.91. The van der Waals surface area contributed by atoms with Gasteiger partial charge >= 0.3 is 5.97 Å². The average molecular weight is 317 g/mol. The van der Waals surface area contributed by atoms with Crippen LogP contribution in [0.15, 0.2) is 42.6 Å². The maximum absolute atomic E-state index is 11.5. The van der Waals surface area contributed by atoms with Gasteiger partial charge in [-0.1, -0.05) is 29.8 Å². The van der Waals surface area contributed by atoms with Crippen LogP contribution in [0.25, 0.3) is 10.9 Å². The summed E-state index contributed by atoms with van der Waals surface area (Å²) in [5, 5.41) is 14.3. The van der Waals surface area contributed by atoms with Crippen molar-refractivity contribution in [2.24, 2.45) is 5.41 Å². The van der Waals surface area contributed by atoms with E-state index in [1.165, 1.54) is 0 Å². The van der Waals surface area contributed by atoms with Crippen LogP contribution >= 0.6 is 11.6 Å². The minimum atomic E-state index is -0.746. The number of allylic oxidation sites excluding steroid dienone is 2. The first-order chi connectivity index (χ1) is 10.6. The van der Waals surface area contributed by atoms with Crippen molar-refractivity contribution in [3.8, 4) is 0 Å². The molecular formula is C17H17ClN2O2. The van der Waals surface area contributed by atoms with Crippen LogP contribution in [-0.4, -0.2) is 22.6 Å². The van der Waals surface area contributed by atoms with Crippen LogP contribution in [-0.2, 0) is 11.3 Å². The van der Waals surface area contributed by atoms with Crippen LogP contribution in [0, 0.1) is 5.41 Å². The molecule has 0 spiro atoms. The SMILES string of the molecule is O=C(O)C1(CNCc2ccc(Cl)c3cccnc23)CC=CC1. The molecule has 0 aliphatic heterocycles. The van der Waals surface area contributed by atoms with E-state index in [-0.39, 0.29) is 0 Å². The van der Waals surface area contributed by atoms with Crippen molar-refractivity contribution in [2.75, 3.05) is 6.54 Å². The molecular weight excluding hydrogens is 300 g/mol. The number of hydrogen-bond acceptors (Lipinski definition) is 3. The number of hydrogen-bond donors (Lipinski definition) is 2. The summed E-state index contributed by atoms with van der Waals surface area (Å²) in [6.45, 7) is 1.01. The van der Waals surface area contributed by atoms with Gasteiger partial charge in [0.25, 0.3) is 0 Å². The normalized spacial score (nSPS) is 16.2. The lowest BCUT2D eigenvalue weighted by molar-refractivity contribution is -0.148. The van der Waals surface area contributed by atoms with Crippen molar-refractivity contribution in [1.29, 1.82) is 0 Å². The fourth-order valence-electron chi connectivity index (χ4n) is 2.87. The quantitative estimate of drug-likeness (QED) is 0.830. The number of nitrogens with one attached hydrogen (secondary N) is 1. The van der Waals surface area contributed by atoms with Crippen molar-refractivity contribution >= 4 is 28.5 Å². The zero-order valence-corrected chi connectivity index (χ0v) is 12.8. The van der Waals surface area contributed by atoms with Crippen LogP contribution in [0.3, 0.4) is 0 Å². The highest BCUT2D eigenvalue weighted by Gasteiger charge is 2.38. The number of nitrogens with zero attached hydrogens (tertiary/aromatic N) is 1. The zero-order valence-electron chi connectivity index (χ0n) is 12.1. The van der Waals surface area contributed by atoms with Gasteiger partial charge in [-0.15, -0.1) is 0 Å². The fraction of sp³-hybridized carbons (Fsp3) is 0.294. The Morgan fingerprint density at radius 2 is 2.09 bits per heavy atom. The predicted octanol–water partition coefficient (Wildman–Crippen LogP) is 3.40. The standard InChI is InChI=1S/C17H17ClN2O2/c18-14-6-5-12(15-13(14)4-3-9-20-15)10-19-11-17(16(21)22)7-1-2-8-17/h1-6,9,19H,7-8,10-11H2,(H,21,22). The van der Waals surface area contributed by atoms with Gasteiger partial charge in [0.05, 0.1) is 10.9 Å². The van der Waals surface area contributed by atoms with Crippen molar-refractivity contribution in [3.05, 3.63) is 53.2 Å². The molecule has 0 bridgehead atoms. The molecule has 0 saturated heterocycles. The highest BCUT2D eigenvalue weighted by atomic mass is 35.5. The van der Waals surface area contributed by atoms with E-state index in [1.54, 1.807) is 6.20 Å². The molecule has 1 aromatic heterocycles. The lowest BCUT2D eigenvalue weighted by Crippen LogP contribution is -2.38. The molecule has 114 valence electrons. The second-order valence-corrected chi connectivity index (χ2v) is 6.08. The summed E-state index contributed by atoms with van der Waals surface area (Å²) < 4.78 is 0. The number of aliphatic carboxylic acids is 1. The van der Waals surface area contributed by atoms with Gasteiger partial charge in [-0.05, 0) is 36.6 Å². The highest BCUT2D eigenvalue weighted by Crippen LogP contribution is 2.33. The average Bonchev–Trinajstić information content (AvgIpc) is 3.00. The lowest BCUT2D eigenvalue weighted by Gasteiger charge is -2.24. The van der Waals surface area contributed by atoms with Crippen molar-refractivity contribution in [1.82, 2.24) is 10.3 Å². The first-order valence-corrected chi connectivity index (χ1v) is 7.61. The molecule has 1 aliphatic carbocycles. The number of aromatic nitrogens is 1. The van der Waals surface area contributed by atoms with Crippen LogP contribution < -0.4 is 5.32 Å². The number of carbonyl (C=O) groups is 1. The summed E-state index contributed by atoms with van der Waals surface area (Å²) in [6, 6.07) is 7.58.